The third kappa shape index (κ3) is 3.87. The molecule has 1 aliphatic heterocycles. The average molecular weight is 484 g/mol. The summed E-state index contributed by atoms with van der Waals surface area (Å²) in [4.78, 5) is 8.26. The summed E-state index contributed by atoms with van der Waals surface area (Å²) in [5, 5.41) is 18.0. The van der Waals surface area contributed by atoms with Crippen LogP contribution in [0.25, 0.3) is 16.8 Å². The molecule has 4 heterocycles. The number of thiazole rings is 1. The number of piperazine rings is 1. The van der Waals surface area contributed by atoms with Gasteiger partial charge in [-0.05, 0) is 36.7 Å². The van der Waals surface area contributed by atoms with Gasteiger partial charge in [0.15, 0.2) is 10.9 Å². The summed E-state index contributed by atoms with van der Waals surface area (Å²) in [5.41, 5.74) is 2.13. The van der Waals surface area contributed by atoms with Gasteiger partial charge in [-0.25, -0.2) is 18.3 Å². The molecule has 0 atom stereocenters. The summed E-state index contributed by atoms with van der Waals surface area (Å²) >= 11 is 0.998. The summed E-state index contributed by atoms with van der Waals surface area (Å²) < 4.78 is 62.7. The number of benzene rings is 1. The predicted molar refractivity (Wildman–Crippen MR) is 130 cm³/mol. The van der Waals surface area contributed by atoms with Crippen molar-refractivity contribution in [3.8, 4) is 17.3 Å². The topological polar surface area (TPSA) is 72.5 Å². The van der Waals surface area contributed by atoms with E-state index in [1.165, 1.54) is 10.7 Å². The Labute approximate surface area is 205 Å². The molecule has 0 saturated carbocycles. The van der Waals surface area contributed by atoms with E-state index in [0.717, 1.165) is 24.4 Å². The Hall–Kier alpha value is -3.55. The second-order valence-electron chi connectivity index (χ2n) is 7.76. The number of rotatable bonds is 5. The largest absolute Gasteiger partial charge is 0.367 e. The highest BCUT2D eigenvalue weighted by molar-refractivity contribution is 7.16. The van der Waals surface area contributed by atoms with Gasteiger partial charge in [-0.2, -0.15) is 10.4 Å². The van der Waals surface area contributed by atoms with Crippen molar-refractivity contribution in [1.29, 1.82) is 5.26 Å². The first kappa shape index (κ1) is 17.9. The van der Waals surface area contributed by atoms with Gasteiger partial charge in [0.05, 0.1) is 34.3 Å². The molecular formula is C24H23F2N7S. The van der Waals surface area contributed by atoms with Crippen molar-refractivity contribution >= 4 is 33.4 Å². The van der Waals surface area contributed by atoms with E-state index in [4.69, 9.17) is 5.48 Å². The van der Waals surface area contributed by atoms with Gasteiger partial charge in [0.1, 0.15) is 22.5 Å². The van der Waals surface area contributed by atoms with Crippen LogP contribution in [0.15, 0.2) is 36.4 Å². The van der Waals surface area contributed by atoms with Crippen LogP contribution in [0.2, 0.25) is 0 Å². The third-order valence-electron chi connectivity index (χ3n) is 5.71. The quantitative estimate of drug-likeness (QED) is 0.455. The molecular weight excluding hydrogens is 456 g/mol. The Kier molecular flexibility index (Phi) is 4.73. The van der Waals surface area contributed by atoms with Crippen molar-refractivity contribution in [3.05, 3.63) is 58.6 Å². The van der Waals surface area contributed by atoms with E-state index in [0.29, 0.717) is 47.2 Å². The molecule has 1 fully saturated rings. The minimum atomic E-state index is -1.26. The fourth-order valence-electron chi connectivity index (χ4n) is 4.05. The number of nitrogens with one attached hydrogen (secondary N) is 1. The Morgan fingerprint density at radius 1 is 1.26 bits per heavy atom. The predicted octanol–water partition coefficient (Wildman–Crippen LogP) is 4.35. The van der Waals surface area contributed by atoms with Crippen LogP contribution in [0.5, 0.6) is 0 Å². The highest BCUT2D eigenvalue weighted by Gasteiger charge is 2.24. The van der Waals surface area contributed by atoms with E-state index in [1.54, 1.807) is 18.0 Å². The van der Waals surface area contributed by atoms with Crippen LogP contribution in [0.3, 0.4) is 0 Å². The summed E-state index contributed by atoms with van der Waals surface area (Å²) in [5.74, 6) is -1.65. The third-order valence-corrected chi connectivity index (χ3v) is 6.75. The number of hydrogen-bond acceptors (Lipinski definition) is 7. The lowest BCUT2D eigenvalue weighted by atomic mass is 10.1. The molecule has 5 rings (SSSR count). The first-order chi connectivity index (χ1) is 18.2. The Balaban J connectivity index is 1.66. The van der Waals surface area contributed by atoms with Crippen molar-refractivity contribution < 1.29 is 14.3 Å². The molecule has 0 radical (unpaired) electrons. The highest BCUT2D eigenvalue weighted by Crippen LogP contribution is 2.39. The average Bonchev–Trinajstić information content (AvgIpc) is 3.51. The van der Waals surface area contributed by atoms with E-state index in [9.17, 15) is 9.65 Å². The van der Waals surface area contributed by atoms with Gasteiger partial charge in [0.2, 0.25) is 0 Å². The van der Waals surface area contributed by atoms with Crippen LogP contribution in [-0.2, 0) is 6.42 Å². The van der Waals surface area contributed by atoms with Gasteiger partial charge in [-0.3, -0.25) is 0 Å². The lowest BCUT2D eigenvalue weighted by molar-refractivity contribution is 0.562. The Bertz CT molecular complexity index is 1580. The van der Waals surface area contributed by atoms with Gasteiger partial charge in [-0.15, -0.1) is 0 Å². The minimum Gasteiger partial charge on any atom is -0.367 e. The molecule has 0 unspecified atom stereocenters. The lowest BCUT2D eigenvalue weighted by Crippen LogP contribution is -2.43. The van der Waals surface area contributed by atoms with E-state index in [1.807, 2.05) is 17.9 Å². The number of nitrogens with zero attached hydrogens (tertiary/aromatic N) is 6. The van der Waals surface area contributed by atoms with E-state index < -0.39 is 30.0 Å². The molecule has 1 aliphatic rings. The van der Waals surface area contributed by atoms with Crippen LogP contribution >= 0.6 is 11.3 Å². The molecule has 34 heavy (non-hydrogen) atoms. The molecule has 1 N–H and O–H groups in total. The maximum absolute atomic E-state index is 15.1. The van der Waals surface area contributed by atoms with E-state index in [2.05, 4.69) is 15.4 Å². The number of pyridine rings is 1. The molecule has 174 valence electrons. The minimum absolute atomic E-state index is 0.0568. The molecule has 4 aromatic rings. The molecule has 7 nitrogen and oxygen atoms in total. The van der Waals surface area contributed by atoms with Gasteiger partial charge >= 0.3 is 0 Å². The highest BCUT2D eigenvalue weighted by atomic mass is 32.1. The van der Waals surface area contributed by atoms with E-state index in [-0.39, 0.29) is 22.0 Å². The molecule has 0 bridgehead atoms. The van der Waals surface area contributed by atoms with Crippen LogP contribution in [0, 0.1) is 23.0 Å². The van der Waals surface area contributed by atoms with Crippen LogP contribution in [0.4, 0.5) is 25.3 Å². The number of hydrogen-bond donors (Lipinski definition) is 1. The first-order valence-corrected chi connectivity index (χ1v) is 11.6. The number of aromatic nitrogens is 3. The number of anilines is 3. The monoisotopic (exact) mass is 483 g/mol. The SMILES string of the molecule is [2H]c1c([2H])c(-c2nc(N(C)c3c(CC)nn4cc(F)c(N5CCNCC5)cc34)sc2C#N)c([2H])c([2H])c1F. The maximum atomic E-state index is 15.1. The molecule has 3 aromatic heterocycles. The standard InChI is InChI=1S/C24H23F2N7S/c1-3-18-23(20-12-19(17(26)14-33(20)30-18)32-10-8-28-9-11-32)31(2)24-29-22(21(13-27)34-24)15-4-6-16(25)7-5-15/h4-7,12,14,28H,3,8-11H2,1-2H3/i4D,5D,6D,7D. The second-order valence-corrected chi connectivity index (χ2v) is 8.73. The zero-order chi connectivity index (χ0) is 27.3. The van der Waals surface area contributed by atoms with Gasteiger partial charge in [-0.1, -0.05) is 18.3 Å². The first-order valence-electron chi connectivity index (χ1n) is 12.7. The fourth-order valence-corrected chi connectivity index (χ4v) is 4.89. The zero-order valence-electron chi connectivity index (χ0n) is 22.5. The zero-order valence-corrected chi connectivity index (χ0v) is 19.4. The molecule has 0 spiro atoms. The van der Waals surface area contributed by atoms with Gasteiger partial charge in [0.25, 0.3) is 0 Å². The summed E-state index contributed by atoms with van der Waals surface area (Å²) in [6.07, 6.45) is 1.88. The fraction of sp³-hybridized carbons (Fsp3) is 0.292. The Morgan fingerprint density at radius 2 is 2.00 bits per heavy atom. The van der Waals surface area contributed by atoms with Crippen LogP contribution in [0.1, 0.15) is 23.0 Å². The maximum Gasteiger partial charge on any atom is 0.191 e. The molecule has 10 heteroatoms. The molecule has 1 saturated heterocycles. The van der Waals surface area contributed by atoms with Crippen molar-refractivity contribution in [2.24, 2.45) is 0 Å². The molecule has 0 amide bonds. The second kappa shape index (κ2) is 9.00. The number of fused-ring (bicyclic) bond motifs is 1. The van der Waals surface area contributed by atoms with Crippen molar-refractivity contribution in [2.45, 2.75) is 13.3 Å². The Morgan fingerprint density at radius 3 is 2.68 bits per heavy atom. The number of nitriles is 1. The van der Waals surface area contributed by atoms with Gasteiger partial charge in [0, 0.05) is 38.8 Å². The smallest absolute Gasteiger partial charge is 0.191 e. The summed E-state index contributed by atoms with van der Waals surface area (Å²) in [6.45, 7) is 4.73. The van der Waals surface area contributed by atoms with E-state index >= 15 is 4.39 Å². The normalized spacial score (nSPS) is 15.6. The molecule has 0 aliphatic carbocycles. The summed E-state index contributed by atoms with van der Waals surface area (Å²) in [7, 11) is 1.73. The van der Waals surface area contributed by atoms with Crippen molar-refractivity contribution in [3.63, 3.8) is 0 Å². The van der Waals surface area contributed by atoms with Gasteiger partial charge < -0.3 is 15.1 Å². The van der Waals surface area contributed by atoms with Crippen molar-refractivity contribution in [1.82, 2.24) is 19.9 Å². The number of halogens is 2. The molecule has 1 aromatic carbocycles. The van der Waals surface area contributed by atoms with Crippen LogP contribution in [-0.4, -0.2) is 47.8 Å². The summed E-state index contributed by atoms with van der Waals surface area (Å²) in [6, 6.07) is 0.886. The lowest BCUT2D eigenvalue weighted by Gasteiger charge is -2.29. The van der Waals surface area contributed by atoms with Crippen LogP contribution < -0.4 is 15.1 Å². The number of aryl methyl sites for hydroxylation is 1. The van der Waals surface area contributed by atoms with Crippen molar-refractivity contribution in [2.75, 3.05) is 43.0 Å².